The minimum absolute atomic E-state index is 0.372. The summed E-state index contributed by atoms with van der Waals surface area (Å²) in [6.07, 6.45) is 4.63. The molecule has 3 aliphatic rings. The Morgan fingerprint density at radius 2 is 2.40 bits per heavy atom. The van der Waals surface area contributed by atoms with Crippen molar-refractivity contribution in [3.63, 3.8) is 0 Å². The van der Waals surface area contributed by atoms with E-state index in [0.717, 1.165) is 0 Å². The average Bonchev–Trinajstić information content (AvgIpc) is 2.60. The van der Waals surface area contributed by atoms with Gasteiger partial charge in [-0.2, -0.15) is 0 Å². The van der Waals surface area contributed by atoms with E-state index < -0.39 is 0 Å². The molecule has 3 fully saturated rings. The fourth-order valence-corrected chi connectivity index (χ4v) is 2.56. The summed E-state index contributed by atoms with van der Waals surface area (Å²) in [5.41, 5.74) is 0.372. The number of rotatable bonds is 0. The molecule has 1 spiro atoms. The molecule has 0 aliphatic carbocycles. The normalized spacial score (nSPS) is 57.6. The number of nitrogens with zero attached hydrogens (tertiary/aromatic N) is 1. The Hall–Kier alpha value is -0.0800. The molecule has 0 N–H and O–H groups in total. The third kappa shape index (κ3) is 0.565. The lowest BCUT2D eigenvalue weighted by atomic mass is 9.89. The third-order valence-electron chi connectivity index (χ3n) is 3.18. The minimum Gasteiger partial charge on any atom is -0.365 e. The predicted molar refractivity (Wildman–Crippen MR) is 37.9 cm³/mol. The van der Waals surface area contributed by atoms with E-state index in [9.17, 15) is 0 Å². The van der Waals surface area contributed by atoms with Crippen LogP contribution in [0.3, 0.4) is 0 Å². The summed E-state index contributed by atoms with van der Waals surface area (Å²) < 4.78 is 5.69. The number of piperidine rings is 2. The van der Waals surface area contributed by atoms with Crippen molar-refractivity contribution >= 4 is 0 Å². The standard InChI is InChI=1S/C8H13NO/c1-3-8-6-9(4-1)5-2-7(8)10-8/h7H,1-6H2. The van der Waals surface area contributed by atoms with Crippen LogP contribution in [0.1, 0.15) is 19.3 Å². The Morgan fingerprint density at radius 1 is 1.40 bits per heavy atom. The maximum Gasteiger partial charge on any atom is 0.107 e. The lowest BCUT2D eigenvalue weighted by Gasteiger charge is -2.34. The predicted octanol–water partition coefficient (Wildman–Crippen LogP) is 0.623. The summed E-state index contributed by atoms with van der Waals surface area (Å²) in [5, 5.41) is 0. The van der Waals surface area contributed by atoms with Gasteiger partial charge in [0, 0.05) is 13.1 Å². The summed E-state index contributed by atoms with van der Waals surface area (Å²) in [6, 6.07) is 0. The third-order valence-corrected chi connectivity index (χ3v) is 3.18. The smallest absolute Gasteiger partial charge is 0.107 e. The van der Waals surface area contributed by atoms with Crippen molar-refractivity contribution in [3.05, 3.63) is 0 Å². The minimum atomic E-state index is 0.372. The van der Waals surface area contributed by atoms with Crippen LogP contribution in [-0.2, 0) is 4.74 Å². The summed E-state index contributed by atoms with van der Waals surface area (Å²) in [7, 11) is 0. The lowest BCUT2D eigenvalue weighted by Crippen LogP contribution is -2.46. The van der Waals surface area contributed by atoms with Crippen molar-refractivity contribution in [3.8, 4) is 0 Å². The molecule has 10 heavy (non-hydrogen) atoms. The Bertz CT molecular complexity index is 169. The molecular formula is C8H13NO. The molecule has 0 aromatic carbocycles. The zero-order valence-corrected chi connectivity index (χ0v) is 6.18. The van der Waals surface area contributed by atoms with Crippen LogP contribution in [0.4, 0.5) is 0 Å². The summed E-state index contributed by atoms with van der Waals surface area (Å²) in [4.78, 5) is 2.55. The molecule has 3 aliphatic heterocycles. The summed E-state index contributed by atoms with van der Waals surface area (Å²) >= 11 is 0. The molecule has 3 heterocycles. The van der Waals surface area contributed by atoms with Crippen LogP contribution < -0.4 is 0 Å². The van der Waals surface area contributed by atoms with Gasteiger partial charge in [0.1, 0.15) is 5.60 Å². The van der Waals surface area contributed by atoms with Crippen LogP contribution in [0.2, 0.25) is 0 Å². The monoisotopic (exact) mass is 139 g/mol. The van der Waals surface area contributed by atoms with Gasteiger partial charge >= 0.3 is 0 Å². The first-order chi connectivity index (χ1) is 4.89. The van der Waals surface area contributed by atoms with Gasteiger partial charge in [0.15, 0.2) is 0 Å². The fourth-order valence-electron chi connectivity index (χ4n) is 2.56. The van der Waals surface area contributed by atoms with Crippen LogP contribution in [-0.4, -0.2) is 36.2 Å². The topological polar surface area (TPSA) is 15.8 Å². The van der Waals surface area contributed by atoms with Gasteiger partial charge in [-0.3, -0.25) is 0 Å². The molecule has 2 bridgehead atoms. The van der Waals surface area contributed by atoms with Gasteiger partial charge in [-0.25, -0.2) is 0 Å². The first-order valence-corrected chi connectivity index (χ1v) is 4.29. The molecule has 2 heteroatoms. The quantitative estimate of drug-likeness (QED) is 0.457. The second-order valence-corrected chi connectivity index (χ2v) is 3.84. The maximum atomic E-state index is 5.69. The van der Waals surface area contributed by atoms with E-state index in [1.807, 2.05) is 0 Å². The first kappa shape index (κ1) is 5.56. The van der Waals surface area contributed by atoms with E-state index in [1.165, 1.54) is 38.9 Å². The molecule has 0 saturated carbocycles. The highest BCUT2D eigenvalue weighted by molar-refractivity contribution is 5.09. The number of hydrogen-bond acceptors (Lipinski definition) is 2. The van der Waals surface area contributed by atoms with Gasteiger partial charge < -0.3 is 9.64 Å². The van der Waals surface area contributed by atoms with Gasteiger partial charge in [-0.15, -0.1) is 0 Å². The van der Waals surface area contributed by atoms with E-state index in [4.69, 9.17) is 4.74 Å². The van der Waals surface area contributed by atoms with E-state index >= 15 is 0 Å². The van der Waals surface area contributed by atoms with Crippen LogP contribution in [0, 0.1) is 0 Å². The molecule has 0 radical (unpaired) electrons. The van der Waals surface area contributed by atoms with Crippen molar-refractivity contribution < 1.29 is 4.74 Å². The second kappa shape index (κ2) is 1.56. The zero-order valence-electron chi connectivity index (χ0n) is 6.18. The van der Waals surface area contributed by atoms with E-state index in [2.05, 4.69) is 4.90 Å². The molecule has 3 saturated heterocycles. The fraction of sp³-hybridized carbons (Fsp3) is 1.00. The first-order valence-electron chi connectivity index (χ1n) is 4.29. The van der Waals surface area contributed by atoms with Gasteiger partial charge in [0.25, 0.3) is 0 Å². The van der Waals surface area contributed by atoms with Crippen LogP contribution in [0.5, 0.6) is 0 Å². The number of hydrogen-bond donors (Lipinski definition) is 0. The number of epoxide rings is 1. The van der Waals surface area contributed by atoms with Crippen LogP contribution >= 0.6 is 0 Å². The van der Waals surface area contributed by atoms with Crippen LogP contribution in [0.25, 0.3) is 0 Å². The highest BCUT2D eigenvalue weighted by Gasteiger charge is 2.59. The van der Waals surface area contributed by atoms with Gasteiger partial charge in [0.05, 0.1) is 6.10 Å². The van der Waals surface area contributed by atoms with Crippen LogP contribution in [0.15, 0.2) is 0 Å². The summed E-state index contributed by atoms with van der Waals surface area (Å²) in [5.74, 6) is 0. The molecule has 3 rings (SSSR count). The van der Waals surface area contributed by atoms with Crippen molar-refractivity contribution in [2.45, 2.75) is 31.0 Å². The molecule has 0 aromatic heterocycles. The van der Waals surface area contributed by atoms with Crippen molar-refractivity contribution in [2.24, 2.45) is 0 Å². The van der Waals surface area contributed by atoms with E-state index in [-0.39, 0.29) is 0 Å². The average molecular weight is 139 g/mol. The Balaban J connectivity index is 1.87. The highest BCUT2D eigenvalue weighted by atomic mass is 16.6. The molecule has 3 atom stereocenters. The molecule has 0 amide bonds. The SMILES string of the molecule is C1CN2CCC3OC3(C1)C2. The second-order valence-electron chi connectivity index (χ2n) is 3.84. The molecule has 0 aromatic rings. The Kier molecular flexibility index (Phi) is 0.868. The Morgan fingerprint density at radius 3 is 3.30 bits per heavy atom. The molecular weight excluding hydrogens is 126 g/mol. The van der Waals surface area contributed by atoms with Gasteiger partial charge in [0.2, 0.25) is 0 Å². The molecule has 56 valence electrons. The van der Waals surface area contributed by atoms with Gasteiger partial charge in [-0.05, 0) is 25.8 Å². The molecule has 3 unspecified atom stereocenters. The van der Waals surface area contributed by atoms with Gasteiger partial charge in [-0.1, -0.05) is 0 Å². The van der Waals surface area contributed by atoms with E-state index in [0.29, 0.717) is 11.7 Å². The van der Waals surface area contributed by atoms with E-state index in [1.54, 1.807) is 0 Å². The van der Waals surface area contributed by atoms with Crippen molar-refractivity contribution in [2.75, 3.05) is 19.6 Å². The maximum absolute atomic E-state index is 5.69. The van der Waals surface area contributed by atoms with Crippen molar-refractivity contribution in [1.82, 2.24) is 4.90 Å². The van der Waals surface area contributed by atoms with Crippen molar-refractivity contribution in [1.29, 1.82) is 0 Å². The number of ether oxygens (including phenoxy) is 1. The lowest BCUT2D eigenvalue weighted by molar-refractivity contribution is 0.134. The Labute approximate surface area is 61.1 Å². The number of fused-ring (bicyclic) bond motifs is 1. The summed E-state index contributed by atoms with van der Waals surface area (Å²) in [6.45, 7) is 3.84. The molecule has 2 nitrogen and oxygen atoms in total. The largest absolute Gasteiger partial charge is 0.365 e. The highest BCUT2D eigenvalue weighted by Crippen LogP contribution is 2.48. The zero-order chi connectivity index (χ0) is 6.60.